The van der Waals surface area contributed by atoms with Gasteiger partial charge >= 0.3 is 0 Å². The summed E-state index contributed by atoms with van der Waals surface area (Å²) in [4.78, 5) is 15.2. The van der Waals surface area contributed by atoms with Gasteiger partial charge in [0.05, 0.1) is 10.5 Å². The van der Waals surface area contributed by atoms with Crippen molar-refractivity contribution in [2.45, 2.75) is 36.5 Å². The number of carbonyl (C=O) groups excluding carboxylic acids is 1. The predicted molar refractivity (Wildman–Crippen MR) is 109 cm³/mol. The van der Waals surface area contributed by atoms with E-state index in [-0.39, 0.29) is 10.8 Å². The Labute approximate surface area is 168 Å². The van der Waals surface area contributed by atoms with Gasteiger partial charge in [0, 0.05) is 38.8 Å². The second kappa shape index (κ2) is 7.41. The standard InChI is InChI=1S/C18H23N5O3S2/c1-22(2)28(25,26)13-7-8-15(23-9-3-4-10-23)14(11-13)16(24)19-18-21-20-17(27-18)12-5-6-12/h7-8,11-12H,3-6,9-10H2,1-2H3,(H,19,21,24). The summed E-state index contributed by atoms with van der Waals surface area (Å²) in [5.41, 5.74) is 1.09. The van der Waals surface area contributed by atoms with Crippen molar-refractivity contribution in [3.05, 3.63) is 28.8 Å². The van der Waals surface area contributed by atoms with Crippen LogP contribution in [-0.2, 0) is 10.0 Å². The average Bonchev–Trinajstić information content (AvgIpc) is 3.17. The van der Waals surface area contributed by atoms with Crippen LogP contribution in [0.2, 0.25) is 0 Å². The number of hydrogen-bond acceptors (Lipinski definition) is 7. The van der Waals surface area contributed by atoms with E-state index in [1.54, 1.807) is 12.1 Å². The molecule has 0 bridgehead atoms. The maximum atomic E-state index is 13.0. The Balaban J connectivity index is 1.67. The average molecular weight is 422 g/mol. The van der Waals surface area contributed by atoms with Gasteiger partial charge < -0.3 is 4.90 Å². The van der Waals surface area contributed by atoms with Crippen molar-refractivity contribution in [3.8, 4) is 0 Å². The molecule has 1 aliphatic carbocycles. The molecule has 1 aliphatic heterocycles. The summed E-state index contributed by atoms with van der Waals surface area (Å²) in [6.45, 7) is 1.70. The van der Waals surface area contributed by atoms with Crippen LogP contribution in [0.5, 0.6) is 0 Å². The second-order valence-electron chi connectivity index (χ2n) is 7.33. The van der Waals surface area contributed by atoms with E-state index in [1.807, 2.05) is 0 Å². The predicted octanol–water partition coefficient (Wildman–Crippen LogP) is 2.52. The van der Waals surface area contributed by atoms with Crippen LogP contribution in [0, 0.1) is 0 Å². The van der Waals surface area contributed by atoms with E-state index in [9.17, 15) is 13.2 Å². The van der Waals surface area contributed by atoms with Crippen molar-refractivity contribution in [3.63, 3.8) is 0 Å². The highest BCUT2D eigenvalue weighted by molar-refractivity contribution is 7.89. The normalized spacial score (nSPS) is 17.3. The molecule has 4 rings (SSSR count). The molecule has 150 valence electrons. The highest BCUT2D eigenvalue weighted by Gasteiger charge is 2.29. The van der Waals surface area contributed by atoms with Gasteiger partial charge in [-0.05, 0) is 43.9 Å². The number of sulfonamides is 1. The van der Waals surface area contributed by atoms with Gasteiger partial charge in [0.15, 0.2) is 0 Å². The Hall–Kier alpha value is -2.04. The Morgan fingerprint density at radius 1 is 1.21 bits per heavy atom. The third-order valence-corrected chi connectivity index (χ3v) is 7.84. The van der Waals surface area contributed by atoms with Gasteiger partial charge in [0.1, 0.15) is 5.01 Å². The van der Waals surface area contributed by atoms with Crippen LogP contribution in [-0.4, -0.2) is 56.0 Å². The van der Waals surface area contributed by atoms with Crippen molar-refractivity contribution >= 4 is 38.1 Å². The molecule has 2 fully saturated rings. The van der Waals surface area contributed by atoms with Crippen molar-refractivity contribution in [1.82, 2.24) is 14.5 Å². The van der Waals surface area contributed by atoms with Crippen molar-refractivity contribution in [2.24, 2.45) is 0 Å². The third-order valence-electron chi connectivity index (χ3n) is 5.03. The minimum absolute atomic E-state index is 0.0986. The molecule has 8 nitrogen and oxygen atoms in total. The fraction of sp³-hybridized carbons (Fsp3) is 0.500. The number of aromatic nitrogens is 2. The fourth-order valence-corrected chi connectivity index (χ4v) is 5.08. The Kier molecular flexibility index (Phi) is 5.11. The Morgan fingerprint density at radius 3 is 2.57 bits per heavy atom. The lowest BCUT2D eigenvalue weighted by molar-refractivity contribution is 0.102. The van der Waals surface area contributed by atoms with E-state index in [2.05, 4.69) is 20.4 Å². The summed E-state index contributed by atoms with van der Waals surface area (Å²) in [6, 6.07) is 4.75. The van der Waals surface area contributed by atoms with Crippen LogP contribution >= 0.6 is 11.3 Å². The maximum absolute atomic E-state index is 13.0. The lowest BCUT2D eigenvalue weighted by atomic mass is 10.1. The molecule has 0 spiro atoms. The summed E-state index contributed by atoms with van der Waals surface area (Å²) >= 11 is 1.38. The summed E-state index contributed by atoms with van der Waals surface area (Å²) < 4.78 is 26.2. The highest BCUT2D eigenvalue weighted by Crippen LogP contribution is 2.42. The van der Waals surface area contributed by atoms with E-state index >= 15 is 0 Å². The fourth-order valence-electron chi connectivity index (χ4n) is 3.25. The second-order valence-corrected chi connectivity index (χ2v) is 10.5. The van der Waals surface area contributed by atoms with Gasteiger partial charge in [-0.2, -0.15) is 0 Å². The summed E-state index contributed by atoms with van der Waals surface area (Å²) in [7, 11) is -0.683. The zero-order chi connectivity index (χ0) is 19.9. The van der Waals surface area contributed by atoms with Crippen LogP contribution in [0.1, 0.15) is 47.0 Å². The molecule has 1 aromatic carbocycles. The maximum Gasteiger partial charge on any atom is 0.259 e. The molecule has 1 aromatic heterocycles. The van der Waals surface area contributed by atoms with Gasteiger partial charge in [-0.15, -0.1) is 10.2 Å². The lowest BCUT2D eigenvalue weighted by Crippen LogP contribution is -2.25. The monoisotopic (exact) mass is 421 g/mol. The van der Waals surface area contributed by atoms with Gasteiger partial charge in [-0.1, -0.05) is 11.3 Å². The van der Waals surface area contributed by atoms with Gasteiger partial charge in [0.25, 0.3) is 5.91 Å². The lowest BCUT2D eigenvalue weighted by Gasteiger charge is -2.22. The largest absolute Gasteiger partial charge is 0.371 e. The number of nitrogens with zero attached hydrogens (tertiary/aromatic N) is 4. The highest BCUT2D eigenvalue weighted by atomic mass is 32.2. The first-order valence-corrected chi connectivity index (χ1v) is 11.6. The first kappa shape index (κ1) is 19.3. The van der Waals surface area contributed by atoms with Crippen LogP contribution in [0.25, 0.3) is 0 Å². The number of hydrogen-bond donors (Lipinski definition) is 1. The molecule has 2 aliphatic rings. The molecule has 2 aromatic rings. The van der Waals surface area contributed by atoms with E-state index in [1.165, 1.54) is 31.5 Å². The molecule has 28 heavy (non-hydrogen) atoms. The minimum atomic E-state index is -3.64. The zero-order valence-electron chi connectivity index (χ0n) is 15.9. The molecular formula is C18H23N5O3S2. The molecule has 0 atom stereocenters. The number of anilines is 2. The SMILES string of the molecule is CN(C)S(=O)(=O)c1ccc(N2CCCC2)c(C(=O)Nc2nnc(C3CC3)s2)c1. The quantitative estimate of drug-likeness (QED) is 0.770. The third kappa shape index (κ3) is 3.76. The van der Waals surface area contributed by atoms with E-state index in [4.69, 9.17) is 0 Å². The minimum Gasteiger partial charge on any atom is -0.371 e. The van der Waals surface area contributed by atoms with Gasteiger partial charge in [-0.25, -0.2) is 12.7 Å². The van der Waals surface area contributed by atoms with Gasteiger partial charge in [-0.3, -0.25) is 10.1 Å². The topological polar surface area (TPSA) is 95.5 Å². The van der Waals surface area contributed by atoms with E-state index < -0.39 is 10.0 Å². The van der Waals surface area contributed by atoms with E-state index in [0.717, 1.165) is 53.8 Å². The number of amides is 1. The molecule has 10 heteroatoms. The smallest absolute Gasteiger partial charge is 0.259 e. The van der Waals surface area contributed by atoms with Crippen LogP contribution in [0.3, 0.4) is 0 Å². The number of rotatable bonds is 6. The van der Waals surface area contributed by atoms with Crippen LogP contribution in [0.4, 0.5) is 10.8 Å². The Bertz CT molecular complexity index is 992. The first-order chi connectivity index (χ1) is 13.4. The van der Waals surface area contributed by atoms with Crippen LogP contribution in [0.15, 0.2) is 23.1 Å². The summed E-state index contributed by atoms with van der Waals surface area (Å²) in [5.74, 6) is 0.105. The first-order valence-electron chi connectivity index (χ1n) is 9.32. The van der Waals surface area contributed by atoms with Crippen molar-refractivity contribution in [1.29, 1.82) is 0 Å². The summed E-state index contributed by atoms with van der Waals surface area (Å²) in [6.07, 6.45) is 4.35. The van der Waals surface area contributed by atoms with Crippen LogP contribution < -0.4 is 10.2 Å². The molecular weight excluding hydrogens is 398 g/mol. The van der Waals surface area contributed by atoms with Gasteiger partial charge in [0.2, 0.25) is 15.2 Å². The molecule has 1 saturated carbocycles. The Morgan fingerprint density at radius 2 is 1.93 bits per heavy atom. The van der Waals surface area contributed by atoms with E-state index in [0.29, 0.717) is 16.6 Å². The zero-order valence-corrected chi connectivity index (χ0v) is 17.5. The molecule has 0 radical (unpaired) electrons. The molecule has 1 N–H and O–H groups in total. The molecule has 2 heterocycles. The van der Waals surface area contributed by atoms with Crippen molar-refractivity contribution in [2.75, 3.05) is 37.4 Å². The molecule has 1 amide bonds. The molecule has 1 saturated heterocycles. The number of nitrogens with one attached hydrogen (secondary N) is 1. The number of carbonyl (C=O) groups is 1. The van der Waals surface area contributed by atoms with Crippen molar-refractivity contribution < 1.29 is 13.2 Å². The molecule has 0 unspecified atom stereocenters. The summed E-state index contributed by atoms with van der Waals surface area (Å²) in [5, 5.41) is 12.4. The number of benzene rings is 1.